The van der Waals surface area contributed by atoms with Gasteiger partial charge in [-0.25, -0.2) is 4.79 Å². The van der Waals surface area contributed by atoms with Crippen molar-refractivity contribution >= 4 is 11.9 Å². The lowest BCUT2D eigenvalue weighted by molar-refractivity contribution is -0.215. The zero-order valence-corrected chi connectivity index (χ0v) is 16.1. The van der Waals surface area contributed by atoms with E-state index in [4.69, 9.17) is 14.6 Å². The lowest BCUT2D eigenvalue weighted by atomic mass is 9.92. The van der Waals surface area contributed by atoms with Gasteiger partial charge in [-0.15, -0.1) is 0 Å². The number of ether oxygens (including phenoxy) is 2. The first-order valence-corrected chi connectivity index (χ1v) is 9.22. The van der Waals surface area contributed by atoms with Gasteiger partial charge in [0, 0.05) is 0 Å². The van der Waals surface area contributed by atoms with Crippen molar-refractivity contribution in [1.29, 1.82) is 0 Å². The molecule has 8 heteroatoms. The Morgan fingerprint density at radius 3 is 2.07 bits per heavy atom. The zero-order chi connectivity index (χ0) is 21.1. The van der Waals surface area contributed by atoms with Gasteiger partial charge in [-0.1, -0.05) is 13.8 Å². The summed E-state index contributed by atoms with van der Waals surface area (Å²) in [5, 5.41) is 8.98. The van der Waals surface area contributed by atoms with E-state index >= 15 is 0 Å². The number of alkyl halides is 3. The highest BCUT2D eigenvalue weighted by atomic mass is 19.4. The number of benzene rings is 1. The molecule has 28 heavy (non-hydrogen) atoms. The number of esters is 1. The molecule has 0 radical (unpaired) electrons. The van der Waals surface area contributed by atoms with Gasteiger partial charge in [0.25, 0.3) is 0 Å². The maximum Gasteiger partial charge on any atom is 0.405 e. The molecule has 0 bridgehead atoms. The van der Waals surface area contributed by atoms with E-state index in [0.717, 1.165) is 25.7 Å². The SMILES string of the molecule is CC(C)C(OC(=O)c1ccc(OC2(C)CCCC2)cc1)C(C(=O)O)C(F)(F)F. The molecule has 2 atom stereocenters. The summed E-state index contributed by atoms with van der Waals surface area (Å²) in [6.45, 7) is 4.76. The average Bonchev–Trinajstić information content (AvgIpc) is 2.99. The van der Waals surface area contributed by atoms with Crippen molar-refractivity contribution in [3.8, 4) is 5.75 Å². The third-order valence-electron chi connectivity index (χ3n) is 4.96. The van der Waals surface area contributed by atoms with E-state index < -0.39 is 36.1 Å². The number of hydrogen-bond donors (Lipinski definition) is 1. The van der Waals surface area contributed by atoms with Gasteiger partial charge in [0.05, 0.1) is 5.56 Å². The molecule has 1 fully saturated rings. The Kier molecular flexibility index (Phi) is 6.62. The molecule has 5 nitrogen and oxygen atoms in total. The summed E-state index contributed by atoms with van der Waals surface area (Å²) in [5.41, 5.74) is -0.229. The lowest BCUT2D eigenvalue weighted by Gasteiger charge is -2.28. The molecule has 156 valence electrons. The maximum atomic E-state index is 13.1. The van der Waals surface area contributed by atoms with Crippen molar-refractivity contribution in [2.75, 3.05) is 0 Å². The van der Waals surface area contributed by atoms with Gasteiger partial charge in [0.1, 0.15) is 17.5 Å². The second-order valence-electron chi connectivity index (χ2n) is 7.75. The van der Waals surface area contributed by atoms with Crippen LogP contribution in [-0.4, -0.2) is 34.9 Å². The summed E-state index contributed by atoms with van der Waals surface area (Å²) in [5.74, 6) is -6.15. The molecule has 0 saturated heterocycles. The maximum absolute atomic E-state index is 13.1. The minimum absolute atomic E-state index is 0.0286. The molecule has 0 aromatic heterocycles. The molecule has 2 unspecified atom stereocenters. The molecule has 1 aromatic carbocycles. The molecule has 1 saturated carbocycles. The van der Waals surface area contributed by atoms with Crippen LogP contribution < -0.4 is 4.74 Å². The topological polar surface area (TPSA) is 72.8 Å². The molecule has 2 rings (SSSR count). The summed E-state index contributed by atoms with van der Waals surface area (Å²) < 4.78 is 50.3. The lowest BCUT2D eigenvalue weighted by Crippen LogP contribution is -2.45. The van der Waals surface area contributed by atoms with Gasteiger partial charge in [-0.3, -0.25) is 4.79 Å². The molecule has 1 aromatic rings. The number of carboxylic acids is 1. The highest BCUT2D eigenvalue weighted by Crippen LogP contribution is 2.35. The van der Waals surface area contributed by atoms with Crippen molar-refractivity contribution in [3.63, 3.8) is 0 Å². The van der Waals surface area contributed by atoms with Gasteiger partial charge in [0.2, 0.25) is 0 Å². The van der Waals surface area contributed by atoms with Crippen LogP contribution in [-0.2, 0) is 9.53 Å². The van der Waals surface area contributed by atoms with Crippen LogP contribution in [0.4, 0.5) is 13.2 Å². The first-order chi connectivity index (χ1) is 12.9. The van der Waals surface area contributed by atoms with E-state index in [2.05, 4.69) is 0 Å². The molecular weight excluding hydrogens is 377 g/mol. The Labute approximate surface area is 161 Å². The smallest absolute Gasteiger partial charge is 0.405 e. The highest BCUT2D eigenvalue weighted by Gasteiger charge is 2.52. The second-order valence-corrected chi connectivity index (χ2v) is 7.75. The first kappa shape index (κ1) is 22.0. The molecule has 1 aliphatic rings. The molecular formula is C20H25F3O5. The van der Waals surface area contributed by atoms with Crippen molar-refractivity contribution in [2.45, 2.75) is 64.3 Å². The number of carbonyl (C=O) groups is 2. The van der Waals surface area contributed by atoms with Gasteiger partial charge in [-0.2, -0.15) is 13.2 Å². The number of aliphatic carboxylic acids is 1. The Balaban J connectivity index is 2.12. The normalized spacial score (nSPS) is 18.5. The van der Waals surface area contributed by atoms with Crippen LogP contribution in [0.2, 0.25) is 0 Å². The molecule has 0 spiro atoms. The van der Waals surface area contributed by atoms with Crippen molar-refractivity contribution in [3.05, 3.63) is 29.8 Å². The molecule has 0 amide bonds. The standard InChI is InChI=1S/C20H25F3O5/c1-12(2)16(15(17(24)25)20(21,22)23)27-18(26)13-6-8-14(9-7-13)28-19(3)10-4-5-11-19/h6-9,12,15-16H,4-5,10-11H2,1-3H3,(H,24,25). The fraction of sp³-hybridized carbons (Fsp3) is 0.600. The Hall–Kier alpha value is -2.25. The summed E-state index contributed by atoms with van der Waals surface area (Å²) in [4.78, 5) is 23.4. The van der Waals surface area contributed by atoms with E-state index in [1.807, 2.05) is 6.92 Å². The quantitative estimate of drug-likeness (QED) is 0.661. The van der Waals surface area contributed by atoms with Gasteiger partial charge in [-0.05, 0) is 62.8 Å². The number of hydrogen-bond acceptors (Lipinski definition) is 4. The molecule has 0 aliphatic heterocycles. The number of carbonyl (C=O) groups excluding carboxylic acids is 1. The van der Waals surface area contributed by atoms with Crippen LogP contribution in [0.15, 0.2) is 24.3 Å². The fourth-order valence-corrected chi connectivity index (χ4v) is 3.42. The van der Waals surface area contributed by atoms with E-state index in [9.17, 15) is 22.8 Å². The highest BCUT2D eigenvalue weighted by molar-refractivity contribution is 5.90. The summed E-state index contributed by atoms with van der Waals surface area (Å²) >= 11 is 0. The first-order valence-electron chi connectivity index (χ1n) is 9.22. The minimum Gasteiger partial charge on any atom is -0.488 e. The Bertz CT molecular complexity index is 691. The van der Waals surface area contributed by atoms with Crippen molar-refractivity contribution in [1.82, 2.24) is 0 Å². The number of carboxylic acid groups (broad SMARTS) is 1. The predicted octanol–water partition coefficient (Wildman–Crippen LogP) is 4.84. The number of halogens is 3. The van der Waals surface area contributed by atoms with E-state index in [-0.39, 0.29) is 11.2 Å². The van der Waals surface area contributed by atoms with Crippen LogP contribution in [0.5, 0.6) is 5.75 Å². The predicted molar refractivity (Wildman–Crippen MR) is 95.2 cm³/mol. The van der Waals surface area contributed by atoms with Crippen LogP contribution in [0, 0.1) is 11.8 Å². The van der Waals surface area contributed by atoms with Crippen LogP contribution in [0.1, 0.15) is 56.8 Å². The summed E-state index contributed by atoms with van der Waals surface area (Å²) in [6, 6.07) is 5.92. The van der Waals surface area contributed by atoms with E-state index in [1.165, 1.54) is 26.0 Å². The van der Waals surface area contributed by atoms with Gasteiger partial charge >= 0.3 is 18.1 Å². The second kappa shape index (κ2) is 8.41. The zero-order valence-electron chi connectivity index (χ0n) is 16.1. The van der Waals surface area contributed by atoms with Crippen LogP contribution >= 0.6 is 0 Å². The monoisotopic (exact) mass is 402 g/mol. The Morgan fingerprint density at radius 2 is 1.64 bits per heavy atom. The average molecular weight is 402 g/mol. The summed E-state index contributed by atoms with van der Waals surface area (Å²) in [6.07, 6.45) is -2.83. The largest absolute Gasteiger partial charge is 0.488 e. The van der Waals surface area contributed by atoms with Crippen molar-refractivity contribution < 1.29 is 37.3 Å². The minimum atomic E-state index is -5.03. The molecule has 1 N–H and O–H groups in total. The van der Waals surface area contributed by atoms with E-state index in [0.29, 0.717) is 5.75 Å². The number of rotatable bonds is 7. The van der Waals surface area contributed by atoms with E-state index in [1.54, 1.807) is 12.1 Å². The fourth-order valence-electron chi connectivity index (χ4n) is 3.42. The van der Waals surface area contributed by atoms with Crippen LogP contribution in [0.25, 0.3) is 0 Å². The van der Waals surface area contributed by atoms with Crippen molar-refractivity contribution in [2.24, 2.45) is 11.8 Å². The van der Waals surface area contributed by atoms with Crippen LogP contribution in [0.3, 0.4) is 0 Å². The third kappa shape index (κ3) is 5.39. The van der Waals surface area contributed by atoms with Gasteiger partial charge < -0.3 is 14.6 Å². The Morgan fingerprint density at radius 1 is 1.11 bits per heavy atom. The van der Waals surface area contributed by atoms with Gasteiger partial charge in [0.15, 0.2) is 5.92 Å². The molecule has 0 heterocycles. The third-order valence-corrected chi connectivity index (χ3v) is 4.96. The summed E-state index contributed by atoms with van der Waals surface area (Å²) in [7, 11) is 0. The molecule has 1 aliphatic carbocycles.